The molecule has 0 aliphatic carbocycles. The van der Waals surface area contributed by atoms with Gasteiger partial charge in [0.15, 0.2) is 0 Å². The topological polar surface area (TPSA) is 127 Å². The summed E-state index contributed by atoms with van der Waals surface area (Å²) in [7, 11) is -3.64. The maximum Gasteiger partial charge on any atom is 0.268 e. The van der Waals surface area contributed by atoms with Gasteiger partial charge in [0, 0.05) is 28.6 Å². The van der Waals surface area contributed by atoms with Gasteiger partial charge >= 0.3 is 0 Å². The second kappa shape index (κ2) is 10.8. The zero-order valence-corrected chi connectivity index (χ0v) is 21.8. The molecule has 0 aliphatic rings. The highest BCUT2D eigenvalue weighted by Crippen LogP contribution is 2.25. The first-order valence-corrected chi connectivity index (χ1v) is 13.4. The molecule has 0 spiro atoms. The van der Waals surface area contributed by atoms with Crippen LogP contribution in [0.1, 0.15) is 37.7 Å². The Bertz CT molecular complexity index is 1390. The first-order valence-electron chi connectivity index (χ1n) is 11.0. The van der Waals surface area contributed by atoms with Gasteiger partial charge in [-0.15, -0.1) is 0 Å². The molecule has 1 N–H and O–H groups in total. The van der Waals surface area contributed by atoms with Crippen molar-refractivity contribution in [3.8, 4) is 17.5 Å². The van der Waals surface area contributed by atoms with E-state index in [9.17, 15) is 18.5 Å². The van der Waals surface area contributed by atoms with Crippen LogP contribution >= 0.6 is 11.5 Å². The number of aromatic nitrogens is 3. The van der Waals surface area contributed by atoms with Gasteiger partial charge in [-0.05, 0) is 68.7 Å². The summed E-state index contributed by atoms with van der Waals surface area (Å²) in [6, 6.07) is 11.5. The van der Waals surface area contributed by atoms with E-state index >= 15 is 0 Å². The molecule has 0 radical (unpaired) electrons. The minimum Gasteiger partial charge on any atom is -0.494 e. The molecule has 3 aromatic rings. The zero-order valence-electron chi connectivity index (χ0n) is 20.2. The summed E-state index contributed by atoms with van der Waals surface area (Å²) < 4.78 is 36.0. The van der Waals surface area contributed by atoms with Crippen molar-refractivity contribution in [3.63, 3.8) is 0 Å². The van der Waals surface area contributed by atoms with Crippen LogP contribution in [0.5, 0.6) is 5.75 Å². The predicted molar refractivity (Wildman–Crippen MR) is 135 cm³/mol. The van der Waals surface area contributed by atoms with Crippen LogP contribution in [-0.2, 0) is 14.6 Å². The summed E-state index contributed by atoms with van der Waals surface area (Å²) in [5.41, 5.74) is 3.28. The molecule has 1 amide bonds. The van der Waals surface area contributed by atoms with Crippen molar-refractivity contribution in [3.05, 3.63) is 52.9 Å². The third kappa shape index (κ3) is 6.15. The molecule has 0 saturated carbocycles. The van der Waals surface area contributed by atoms with Crippen LogP contribution in [-0.4, -0.2) is 40.6 Å². The van der Waals surface area contributed by atoms with Crippen molar-refractivity contribution in [2.75, 3.05) is 17.7 Å². The third-order valence-electron chi connectivity index (χ3n) is 5.00. The number of hydrogen-bond acceptors (Lipinski definition) is 8. The number of sulfone groups is 1. The fraction of sp³-hybridized carbons (Fsp3) is 0.333. The smallest absolute Gasteiger partial charge is 0.268 e. The van der Waals surface area contributed by atoms with E-state index in [1.165, 1.54) is 6.08 Å². The van der Waals surface area contributed by atoms with Gasteiger partial charge < -0.3 is 9.30 Å². The van der Waals surface area contributed by atoms with Crippen LogP contribution in [0.2, 0.25) is 0 Å². The highest BCUT2D eigenvalue weighted by molar-refractivity contribution is 7.91. The summed E-state index contributed by atoms with van der Waals surface area (Å²) in [6.07, 6.45) is 1.50. The van der Waals surface area contributed by atoms with E-state index in [2.05, 4.69) is 14.7 Å². The maximum absolute atomic E-state index is 12.7. The molecule has 0 unspecified atom stereocenters. The van der Waals surface area contributed by atoms with Gasteiger partial charge in [-0.3, -0.25) is 10.1 Å². The van der Waals surface area contributed by atoms with Crippen LogP contribution in [0.4, 0.5) is 5.13 Å². The van der Waals surface area contributed by atoms with Crippen molar-refractivity contribution in [2.45, 2.75) is 39.8 Å². The lowest BCUT2D eigenvalue weighted by Crippen LogP contribution is -2.15. The van der Waals surface area contributed by atoms with Gasteiger partial charge in [0.05, 0.1) is 12.4 Å². The number of rotatable bonds is 9. The Morgan fingerprint density at radius 2 is 1.97 bits per heavy atom. The Balaban J connectivity index is 1.83. The third-order valence-corrected chi connectivity index (χ3v) is 7.59. The zero-order chi connectivity index (χ0) is 25.8. The molecule has 2 aromatic heterocycles. The molecule has 35 heavy (non-hydrogen) atoms. The molecule has 3 rings (SSSR count). The van der Waals surface area contributed by atoms with Gasteiger partial charge in [0.1, 0.15) is 17.4 Å². The molecule has 2 heterocycles. The number of carbonyl (C=O) groups excluding carboxylic acids is 1. The predicted octanol–water partition coefficient (Wildman–Crippen LogP) is 4.32. The van der Waals surface area contributed by atoms with Crippen molar-refractivity contribution in [1.82, 2.24) is 13.9 Å². The molecule has 9 nitrogen and oxygen atoms in total. The highest BCUT2D eigenvalue weighted by Gasteiger charge is 2.23. The Morgan fingerprint density at radius 3 is 2.57 bits per heavy atom. The normalized spacial score (nSPS) is 12.0. The van der Waals surface area contributed by atoms with E-state index in [-0.39, 0.29) is 27.5 Å². The number of anilines is 1. The number of hydrogen-bond donors (Lipinski definition) is 1. The standard InChI is InChI=1S/C24H27N5O4S2/c1-6-33-21-9-7-20(8-10-21)29-16(4)11-18(17(29)5)12-19(13-25)22(30)26-23-27-24(28-34-23)35(31,32)14-15(2)3/h7-12,15H,6,14H2,1-5H3,(H,26,27,28,30). The van der Waals surface area contributed by atoms with E-state index in [4.69, 9.17) is 4.74 Å². The fourth-order valence-corrected chi connectivity index (χ4v) is 5.91. The quantitative estimate of drug-likeness (QED) is 0.333. The number of aryl methyl sites for hydroxylation is 1. The summed E-state index contributed by atoms with van der Waals surface area (Å²) in [6.45, 7) is 9.91. The maximum atomic E-state index is 12.7. The van der Waals surface area contributed by atoms with Crippen LogP contribution in [0.3, 0.4) is 0 Å². The van der Waals surface area contributed by atoms with Crippen molar-refractivity contribution < 1.29 is 17.9 Å². The van der Waals surface area contributed by atoms with Gasteiger partial charge in [0.2, 0.25) is 15.0 Å². The average molecular weight is 514 g/mol. The molecule has 0 saturated heterocycles. The lowest BCUT2D eigenvalue weighted by Gasteiger charge is -2.11. The van der Waals surface area contributed by atoms with E-state index in [0.29, 0.717) is 12.2 Å². The number of ether oxygens (including phenoxy) is 1. The monoisotopic (exact) mass is 513 g/mol. The van der Waals surface area contributed by atoms with Crippen LogP contribution in [0, 0.1) is 31.1 Å². The molecule has 0 atom stereocenters. The Kier molecular flexibility index (Phi) is 8.09. The molecular formula is C24H27N5O4S2. The van der Waals surface area contributed by atoms with Crippen molar-refractivity contribution in [1.29, 1.82) is 5.26 Å². The second-order valence-electron chi connectivity index (χ2n) is 8.27. The first kappa shape index (κ1) is 26.1. The number of nitriles is 1. The van der Waals surface area contributed by atoms with Crippen LogP contribution < -0.4 is 10.1 Å². The molecule has 0 fully saturated rings. The molecule has 184 valence electrons. The Morgan fingerprint density at radius 1 is 1.29 bits per heavy atom. The summed E-state index contributed by atoms with van der Waals surface area (Å²) >= 11 is 0.754. The second-order valence-corrected chi connectivity index (χ2v) is 10.9. The molecule has 11 heteroatoms. The molecule has 1 aromatic carbocycles. The fourth-order valence-electron chi connectivity index (χ4n) is 3.56. The first-order chi connectivity index (χ1) is 16.6. The van der Waals surface area contributed by atoms with E-state index in [0.717, 1.165) is 34.4 Å². The van der Waals surface area contributed by atoms with Crippen LogP contribution in [0.25, 0.3) is 11.8 Å². The van der Waals surface area contributed by atoms with Crippen molar-refractivity contribution in [2.24, 2.45) is 5.92 Å². The number of benzene rings is 1. The lowest BCUT2D eigenvalue weighted by atomic mass is 10.1. The van der Waals surface area contributed by atoms with Gasteiger partial charge in [-0.25, -0.2) is 8.42 Å². The van der Waals surface area contributed by atoms with E-state index in [1.807, 2.05) is 61.7 Å². The Hall–Kier alpha value is -3.49. The molecule has 0 bridgehead atoms. The number of nitrogens with zero attached hydrogens (tertiary/aromatic N) is 4. The largest absolute Gasteiger partial charge is 0.494 e. The molecular weight excluding hydrogens is 486 g/mol. The van der Waals surface area contributed by atoms with Crippen molar-refractivity contribution >= 4 is 38.5 Å². The molecule has 0 aliphatic heterocycles. The minimum absolute atomic E-state index is 0.0124. The van der Waals surface area contributed by atoms with Crippen LogP contribution in [0.15, 0.2) is 41.1 Å². The summed E-state index contributed by atoms with van der Waals surface area (Å²) in [5.74, 6) is -0.0949. The Labute approximate surface area is 209 Å². The van der Waals surface area contributed by atoms with E-state index < -0.39 is 15.7 Å². The van der Waals surface area contributed by atoms with Gasteiger partial charge in [-0.2, -0.15) is 14.6 Å². The highest BCUT2D eigenvalue weighted by atomic mass is 32.2. The summed E-state index contributed by atoms with van der Waals surface area (Å²) in [4.78, 5) is 16.7. The lowest BCUT2D eigenvalue weighted by molar-refractivity contribution is -0.112. The number of carbonyl (C=O) groups is 1. The van der Waals surface area contributed by atoms with Gasteiger partial charge in [0.25, 0.3) is 11.1 Å². The minimum atomic E-state index is -3.64. The summed E-state index contributed by atoms with van der Waals surface area (Å²) in [5, 5.41) is 11.8. The van der Waals surface area contributed by atoms with Gasteiger partial charge in [-0.1, -0.05) is 13.8 Å². The SMILES string of the molecule is CCOc1ccc(-n2c(C)cc(C=C(C#N)C(=O)Nc3nc(S(=O)(=O)CC(C)C)ns3)c2C)cc1. The number of nitrogens with one attached hydrogen (secondary N) is 1. The van der Waals surface area contributed by atoms with E-state index in [1.54, 1.807) is 13.8 Å². The average Bonchev–Trinajstić information content (AvgIpc) is 3.36. The number of amides is 1.